The average Bonchev–Trinajstić information content (AvgIpc) is 3.37. The van der Waals surface area contributed by atoms with Crippen molar-refractivity contribution in [3.05, 3.63) is 59.8 Å². The Morgan fingerprint density at radius 3 is 2.48 bits per heavy atom. The van der Waals surface area contributed by atoms with Crippen molar-refractivity contribution in [2.45, 2.75) is 32.2 Å². The summed E-state index contributed by atoms with van der Waals surface area (Å²) in [5, 5.41) is 6.11. The van der Waals surface area contributed by atoms with Crippen LogP contribution in [-0.2, 0) is 16.0 Å². The topological polar surface area (TPSA) is 77.2 Å². The van der Waals surface area contributed by atoms with Crippen LogP contribution < -0.4 is 15.5 Å². The number of amides is 2. The van der Waals surface area contributed by atoms with Crippen LogP contribution >= 0.6 is 0 Å². The second-order valence-corrected chi connectivity index (χ2v) is 7.79. The van der Waals surface area contributed by atoms with E-state index >= 15 is 0 Å². The fourth-order valence-corrected chi connectivity index (χ4v) is 4.08. The number of rotatable bonds is 6. The van der Waals surface area contributed by atoms with Gasteiger partial charge in [-0.15, -0.1) is 0 Å². The maximum Gasteiger partial charge on any atom is 0.247 e. The summed E-state index contributed by atoms with van der Waals surface area (Å²) in [6, 6.07) is 8.96. The molecule has 0 spiro atoms. The molecule has 0 radical (unpaired) electrons. The van der Waals surface area contributed by atoms with E-state index in [1.807, 2.05) is 24.3 Å². The Kier molecular flexibility index (Phi) is 5.88. The van der Waals surface area contributed by atoms with Gasteiger partial charge in [-0.2, -0.15) is 0 Å². The summed E-state index contributed by atoms with van der Waals surface area (Å²) in [4.78, 5) is 29.4. The highest BCUT2D eigenvalue weighted by Gasteiger charge is 2.24. The molecule has 3 aromatic rings. The van der Waals surface area contributed by atoms with E-state index in [2.05, 4.69) is 15.6 Å². The molecule has 8 heteroatoms. The predicted molar refractivity (Wildman–Crippen MR) is 116 cm³/mol. The molecule has 162 valence electrons. The lowest BCUT2D eigenvalue weighted by Gasteiger charge is -2.21. The molecule has 31 heavy (non-hydrogen) atoms. The Bertz CT molecular complexity index is 1100. The third-order valence-corrected chi connectivity index (χ3v) is 5.50. The zero-order valence-electron chi connectivity index (χ0n) is 17.2. The van der Waals surface area contributed by atoms with Gasteiger partial charge < -0.3 is 20.5 Å². The van der Waals surface area contributed by atoms with E-state index in [9.17, 15) is 18.4 Å². The lowest BCUT2D eigenvalue weighted by molar-refractivity contribution is -0.125. The van der Waals surface area contributed by atoms with E-state index < -0.39 is 23.6 Å². The number of carbonyl (C=O) groups is 2. The van der Waals surface area contributed by atoms with Gasteiger partial charge in [0.05, 0.1) is 0 Å². The van der Waals surface area contributed by atoms with Crippen molar-refractivity contribution < 1.29 is 18.4 Å². The van der Waals surface area contributed by atoms with Crippen molar-refractivity contribution in [3.63, 3.8) is 0 Å². The molecule has 1 saturated heterocycles. The molecule has 1 atom stereocenters. The quantitative estimate of drug-likeness (QED) is 0.562. The maximum absolute atomic E-state index is 14.6. The second kappa shape index (κ2) is 8.75. The van der Waals surface area contributed by atoms with Crippen LogP contribution in [0.4, 0.5) is 20.2 Å². The molecule has 1 unspecified atom stereocenters. The number of nitrogens with one attached hydrogen (secondary N) is 3. The molecule has 1 aromatic heterocycles. The van der Waals surface area contributed by atoms with E-state index in [1.54, 1.807) is 11.1 Å². The Labute approximate surface area is 178 Å². The summed E-state index contributed by atoms with van der Waals surface area (Å²) >= 11 is 0. The van der Waals surface area contributed by atoms with Crippen molar-refractivity contribution in [1.29, 1.82) is 0 Å². The van der Waals surface area contributed by atoms with Crippen molar-refractivity contribution in [3.8, 4) is 0 Å². The molecule has 4 rings (SSSR count). The SMILES string of the molecule is CC(=O)NC(Cc1c[nH]c2ccccc12)C(=O)Nc1cc(F)c(N2CCCC2)c(F)c1. The number of nitrogens with zero attached hydrogens (tertiary/aromatic N) is 1. The lowest BCUT2D eigenvalue weighted by atomic mass is 10.0. The number of hydrogen-bond donors (Lipinski definition) is 3. The molecule has 0 aliphatic carbocycles. The van der Waals surface area contributed by atoms with Gasteiger partial charge in [-0.25, -0.2) is 8.78 Å². The van der Waals surface area contributed by atoms with Crippen molar-refractivity contribution >= 4 is 34.1 Å². The minimum atomic E-state index is -0.902. The first-order valence-corrected chi connectivity index (χ1v) is 10.3. The van der Waals surface area contributed by atoms with Gasteiger partial charge in [0.15, 0.2) is 11.6 Å². The minimum Gasteiger partial charge on any atom is -0.367 e. The standard InChI is InChI=1S/C23H24F2N4O2/c1-14(30)27-21(10-15-13-26-20-7-3-2-6-17(15)20)23(31)28-16-11-18(24)22(19(25)12-16)29-8-4-5-9-29/h2-3,6-7,11-13,21,26H,4-5,8-10H2,1H3,(H,27,30)(H,28,31). The zero-order valence-corrected chi connectivity index (χ0v) is 17.2. The van der Waals surface area contributed by atoms with Crippen LogP contribution in [0.25, 0.3) is 10.9 Å². The molecule has 2 heterocycles. The number of aromatic amines is 1. The average molecular weight is 426 g/mol. The number of hydrogen-bond acceptors (Lipinski definition) is 3. The van der Waals surface area contributed by atoms with E-state index in [1.165, 1.54) is 6.92 Å². The van der Waals surface area contributed by atoms with Crippen LogP contribution in [-0.4, -0.2) is 35.9 Å². The number of fused-ring (bicyclic) bond motifs is 1. The zero-order chi connectivity index (χ0) is 22.0. The summed E-state index contributed by atoms with van der Waals surface area (Å²) in [7, 11) is 0. The number of benzene rings is 2. The summed E-state index contributed by atoms with van der Waals surface area (Å²) in [6.07, 6.45) is 3.80. The molecular formula is C23H24F2N4O2. The molecule has 3 N–H and O–H groups in total. The van der Waals surface area contributed by atoms with Gasteiger partial charge in [0.1, 0.15) is 11.7 Å². The van der Waals surface area contributed by atoms with Gasteiger partial charge in [0.25, 0.3) is 0 Å². The third kappa shape index (κ3) is 4.52. The van der Waals surface area contributed by atoms with Crippen LogP contribution in [0.3, 0.4) is 0 Å². The Hall–Kier alpha value is -3.42. The number of para-hydroxylation sites is 1. The number of halogens is 2. The second-order valence-electron chi connectivity index (χ2n) is 7.79. The molecule has 2 amide bonds. The first kappa shape index (κ1) is 20.8. The highest BCUT2D eigenvalue weighted by molar-refractivity contribution is 5.98. The number of aromatic nitrogens is 1. The van der Waals surface area contributed by atoms with Gasteiger partial charge >= 0.3 is 0 Å². The summed E-state index contributed by atoms with van der Waals surface area (Å²) in [6.45, 7) is 2.53. The fraction of sp³-hybridized carbons (Fsp3) is 0.304. The first-order valence-electron chi connectivity index (χ1n) is 10.3. The number of H-pyrrole nitrogens is 1. The molecule has 2 aromatic carbocycles. The highest BCUT2D eigenvalue weighted by atomic mass is 19.1. The van der Waals surface area contributed by atoms with Crippen LogP contribution in [0, 0.1) is 11.6 Å². The van der Waals surface area contributed by atoms with E-state index in [4.69, 9.17) is 0 Å². The van der Waals surface area contributed by atoms with Crippen LogP contribution in [0.5, 0.6) is 0 Å². The van der Waals surface area contributed by atoms with Gasteiger partial charge in [-0.3, -0.25) is 9.59 Å². The maximum atomic E-state index is 14.6. The molecular weight excluding hydrogens is 402 g/mol. The molecule has 0 bridgehead atoms. The predicted octanol–water partition coefficient (Wildman–Crippen LogP) is 3.73. The third-order valence-electron chi connectivity index (χ3n) is 5.50. The van der Waals surface area contributed by atoms with Gasteiger partial charge in [0, 0.05) is 49.2 Å². The van der Waals surface area contributed by atoms with E-state index in [0.717, 1.165) is 41.4 Å². The van der Waals surface area contributed by atoms with Crippen LogP contribution in [0.15, 0.2) is 42.6 Å². The Morgan fingerprint density at radius 1 is 1.13 bits per heavy atom. The van der Waals surface area contributed by atoms with Gasteiger partial charge in [-0.1, -0.05) is 18.2 Å². The Balaban J connectivity index is 1.54. The Morgan fingerprint density at radius 2 is 1.81 bits per heavy atom. The molecule has 1 aliphatic rings. The molecule has 0 saturated carbocycles. The fourth-order valence-electron chi connectivity index (χ4n) is 4.08. The molecule has 6 nitrogen and oxygen atoms in total. The van der Waals surface area contributed by atoms with Crippen molar-refractivity contribution in [2.24, 2.45) is 0 Å². The smallest absolute Gasteiger partial charge is 0.247 e. The summed E-state index contributed by atoms with van der Waals surface area (Å²) in [5.41, 5.74) is 1.72. The number of carbonyl (C=O) groups excluding carboxylic acids is 2. The minimum absolute atomic E-state index is 0.0113. The lowest BCUT2D eigenvalue weighted by Crippen LogP contribution is -2.44. The largest absolute Gasteiger partial charge is 0.367 e. The van der Waals surface area contributed by atoms with E-state index in [0.29, 0.717) is 13.1 Å². The van der Waals surface area contributed by atoms with Crippen molar-refractivity contribution in [2.75, 3.05) is 23.3 Å². The number of anilines is 2. The normalized spacial score (nSPS) is 14.6. The van der Waals surface area contributed by atoms with Crippen LogP contribution in [0.2, 0.25) is 0 Å². The van der Waals surface area contributed by atoms with Gasteiger partial charge in [-0.05, 0) is 36.6 Å². The van der Waals surface area contributed by atoms with E-state index in [-0.39, 0.29) is 23.7 Å². The van der Waals surface area contributed by atoms with Gasteiger partial charge in [0.2, 0.25) is 11.8 Å². The van der Waals surface area contributed by atoms with Crippen molar-refractivity contribution in [1.82, 2.24) is 10.3 Å². The highest BCUT2D eigenvalue weighted by Crippen LogP contribution is 2.30. The monoisotopic (exact) mass is 426 g/mol. The first-order chi connectivity index (χ1) is 14.9. The molecule has 1 aliphatic heterocycles. The summed E-state index contributed by atoms with van der Waals surface area (Å²) in [5.74, 6) is -2.36. The summed E-state index contributed by atoms with van der Waals surface area (Å²) < 4.78 is 29.2. The van der Waals surface area contributed by atoms with Crippen LogP contribution in [0.1, 0.15) is 25.3 Å². The molecule has 1 fully saturated rings.